The lowest BCUT2D eigenvalue weighted by atomic mass is 9.99. The maximum absolute atomic E-state index is 12.2. The molecule has 1 rings (SSSR count). The molecule has 0 aliphatic carbocycles. The van der Waals surface area contributed by atoms with Crippen molar-refractivity contribution in [3.63, 3.8) is 0 Å². The first-order chi connectivity index (χ1) is 9.69. The predicted molar refractivity (Wildman–Crippen MR) is 82.1 cm³/mol. The normalized spacial score (nSPS) is 11.0. The molecule has 0 unspecified atom stereocenters. The molecule has 0 spiro atoms. The molecule has 116 valence electrons. The van der Waals surface area contributed by atoms with Crippen molar-refractivity contribution in [2.45, 2.75) is 45.7 Å². The number of nitrogens with one attached hydrogen (secondary N) is 1. The number of hydrogen-bond donors (Lipinski definition) is 2. The van der Waals surface area contributed by atoms with Gasteiger partial charge in [-0.3, -0.25) is 4.79 Å². The minimum absolute atomic E-state index is 0.0366. The van der Waals surface area contributed by atoms with Gasteiger partial charge in [-0.05, 0) is 32.8 Å². The lowest BCUT2D eigenvalue weighted by Gasteiger charge is -2.29. The summed E-state index contributed by atoms with van der Waals surface area (Å²) < 4.78 is 0. The fourth-order valence-corrected chi connectivity index (χ4v) is 2.02. The third-order valence-electron chi connectivity index (χ3n) is 3.26. The first-order valence-corrected chi connectivity index (χ1v) is 7.00. The van der Waals surface area contributed by atoms with Crippen molar-refractivity contribution in [2.24, 2.45) is 0 Å². The number of carboxylic acids is 1. The summed E-state index contributed by atoms with van der Waals surface area (Å²) in [6.07, 6.45) is 0.432. The molecule has 0 heterocycles. The number of hydrogen-bond acceptors (Lipinski definition) is 2. The van der Waals surface area contributed by atoms with Crippen molar-refractivity contribution in [1.82, 2.24) is 10.2 Å². The van der Waals surface area contributed by atoms with Crippen LogP contribution < -0.4 is 5.32 Å². The van der Waals surface area contributed by atoms with E-state index in [-0.39, 0.29) is 12.5 Å². The number of carbonyl (C=O) groups is 2. The predicted octanol–water partition coefficient (Wildman–Crippen LogP) is 2.78. The standard InChI is InChI=1S/C16H24N2O3/c1-12-6-5-7-13(10-12)11-18(4)15(21)17-16(2,3)9-8-14(19)20/h5-7,10H,8-9,11H2,1-4H3,(H,17,21)(H,19,20). The number of carbonyl (C=O) groups excluding carboxylic acids is 1. The van der Waals surface area contributed by atoms with Gasteiger partial charge < -0.3 is 15.3 Å². The molecule has 0 atom stereocenters. The van der Waals surface area contributed by atoms with Crippen LogP contribution in [0.25, 0.3) is 0 Å². The van der Waals surface area contributed by atoms with Gasteiger partial charge in [-0.15, -0.1) is 0 Å². The molecule has 5 nitrogen and oxygen atoms in total. The Morgan fingerprint density at radius 2 is 2.00 bits per heavy atom. The van der Waals surface area contributed by atoms with Crippen molar-refractivity contribution < 1.29 is 14.7 Å². The number of urea groups is 1. The molecule has 0 bridgehead atoms. The van der Waals surface area contributed by atoms with Crippen molar-refractivity contribution in [3.05, 3.63) is 35.4 Å². The average molecular weight is 292 g/mol. The molecule has 1 aromatic rings. The van der Waals surface area contributed by atoms with Gasteiger partial charge in [0.15, 0.2) is 0 Å². The van der Waals surface area contributed by atoms with Gasteiger partial charge in [-0.1, -0.05) is 29.8 Å². The largest absolute Gasteiger partial charge is 0.481 e. The fourth-order valence-electron chi connectivity index (χ4n) is 2.02. The molecular formula is C16H24N2O3. The van der Waals surface area contributed by atoms with E-state index in [9.17, 15) is 9.59 Å². The number of aryl methyl sites for hydroxylation is 1. The quantitative estimate of drug-likeness (QED) is 0.847. The number of benzene rings is 1. The van der Waals surface area contributed by atoms with Crippen LogP contribution in [0.2, 0.25) is 0 Å². The van der Waals surface area contributed by atoms with Crippen LogP contribution in [0.15, 0.2) is 24.3 Å². The first-order valence-electron chi connectivity index (χ1n) is 7.00. The van der Waals surface area contributed by atoms with Gasteiger partial charge >= 0.3 is 12.0 Å². The third-order valence-corrected chi connectivity index (χ3v) is 3.26. The van der Waals surface area contributed by atoms with Gasteiger partial charge in [0.2, 0.25) is 0 Å². The fraction of sp³-hybridized carbons (Fsp3) is 0.500. The maximum atomic E-state index is 12.2. The lowest BCUT2D eigenvalue weighted by Crippen LogP contribution is -2.48. The second kappa shape index (κ2) is 7.11. The molecule has 2 amide bonds. The Labute approximate surface area is 126 Å². The molecule has 21 heavy (non-hydrogen) atoms. The molecular weight excluding hydrogens is 268 g/mol. The van der Waals surface area contributed by atoms with E-state index in [0.717, 1.165) is 11.1 Å². The van der Waals surface area contributed by atoms with Gasteiger partial charge in [0.25, 0.3) is 0 Å². The summed E-state index contributed by atoms with van der Waals surface area (Å²) in [6.45, 7) is 6.18. The van der Waals surface area contributed by atoms with E-state index in [1.54, 1.807) is 11.9 Å². The number of carboxylic acid groups (broad SMARTS) is 1. The van der Waals surface area contributed by atoms with E-state index in [4.69, 9.17) is 5.11 Å². The number of nitrogens with zero attached hydrogens (tertiary/aromatic N) is 1. The van der Waals surface area contributed by atoms with Gasteiger partial charge in [0.05, 0.1) is 0 Å². The highest BCUT2D eigenvalue weighted by Gasteiger charge is 2.23. The Morgan fingerprint density at radius 3 is 2.57 bits per heavy atom. The van der Waals surface area contributed by atoms with Crippen LogP contribution in [0.3, 0.4) is 0 Å². The van der Waals surface area contributed by atoms with Crippen molar-refractivity contribution in [1.29, 1.82) is 0 Å². The molecule has 2 N–H and O–H groups in total. The number of amides is 2. The zero-order valence-corrected chi connectivity index (χ0v) is 13.1. The second-order valence-corrected chi connectivity index (χ2v) is 6.05. The van der Waals surface area contributed by atoms with Crippen molar-refractivity contribution in [2.75, 3.05) is 7.05 Å². The molecule has 0 saturated heterocycles. The molecule has 0 aliphatic heterocycles. The lowest BCUT2D eigenvalue weighted by molar-refractivity contribution is -0.137. The Bertz CT molecular complexity index is 512. The molecule has 0 aromatic heterocycles. The molecule has 0 radical (unpaired) electrons. The van der Waals surface area contributed by atoms with Gasteiger partial charge in [-0.2, -0.15) is 0 Å². The summed E-state index contributed by atoms with van der Waals surface area (Å²) in [7, 11) is 1.73. The number of rotatable bonds is 6. The van der Waals surface area contributed by atoms with Crippen LogP contribution in [-0.2, 0) is 11.3 Å². The highest BCUT2D eigenvalue weighted by atomic mass is 16.4. The average Bonchev–Trinajstić information content (AvgIpc) is 2.36. The van der Waals surface area contributed by atoms with Crippen molar-refractivity contribution in [3.8, 4) is 0 Å². The molecule has 1 aromatic carbocycles. The summed E-state index contributed by atoms with van der Waals surface area (Å²) in [5.41, 5.74) is 1.68. The summed E-state index contributed by atoms with van der Waals surface area (Å²) in [4.78, 5) is 24.4. The molecule has 0 aliphatic rings. The molecule has 0 fully saturated rings. The van der Waals surface area contributed by atoms with Crippen LogP contribution in [0.1, 0.15) is 37.8 Å². The SMILES string of the molecule is Cc1cccc(CN(C)C(=O)NC(C)(C)CCC(=O)O)c1. The zero-order valence-electron chi connectivity index (χ0n) is 13.1. The van der Waals surface area contributed by atoms with Gasteiger partial charge in [0, 0.05) is 25.6 Å². The van der Waals surface area contributed by atoms with Crippen LogP contribution in [0, 0.1) is 6.92 Å². The number of aliphatic carboxylic acids is 1. The van der Waals surface area contributed by atoms with E-state index in [0.29, 0.717) is 13.0 Å². The van der Waals surface area contributed by atoms with Crippen LogP contribution >= 0.6 is 0 Å². The molecule has 0 saturated carbocycles. The van der Waals surface area contributed by atoms with E-state index < -0.39 is 11.5 Å². The monoisotopic (exact) mass is 292 g/mol. The first kappa shape index (κ1) is 17.0. The highest BCUT2D eigenvalue weighted by Crippen LogP contribution is 2.13. The van der Waals surface area contributed by atoms with Crippen LogP contribution in [0.4, 0.5) is 4.79 Å². The van der Waals surface area contributed by atoms with E-state index in [1.165, 1.54) is 0 Å². The van der Waals surface area contributed by atoms with Crippen LogP contribution in [-0.4, -0.2) is 34.6 Å². The Morgan fingerprint density at radius 1 is 1.33 bits per heavy atom. The van der Waals surface area contributed by atoms with Crippen LogP contribution in [0.5, 0.6) is 0 Å². The Hall–Kier alpha value is -2.04. The summed E-state index contributed by atoms with van der Waals surface area (Å²) >= 11 is 0. The smallest absolute Gasteiger partial charge is 0.317 e. The summed E-state index contributed by atoms with van der Waals surface area (Å²) in [5.74, 6) is -0.856. The molecule has 5 heteroatoms. The minimum atomic E-state index is -0.856. The van der Waals surface area contributed by atoms with Crippen molar-refractivity contribution >= 4 is 12.0 Å². The van der Waals surface area contributed by atoms with Gasteiger partial charge in [0.1, 0.15) is 0 Å². The Balaban J connectivity index is 2.56. The Kier molecular flexibility index (Phi) is 5.76. The summed E-state index contributed by atoms with van der Waals surface area (Å²) in [6, 6.07) is 7.80. The van der Waals surface area contributed by atoms with E-state index in [1.807, 2.05) is 45.0 Å². The second-order valence-electron chi connectivity index (χ2n) is 6.05. The van der Waals surface area contributed by atoms with E-state index in [2.05, 4.69) is 5.32 Å². The zero-order chi connectivity index (χ0) is 16.0. The third kappa shape index (κ3) is 6.29. The topological polar surface area (TPSA) is 69.6 Å². The van der Waals surface area contributed by atoms with Gasteiger partial charge in [-0.25, -0.2) is 4.79 Å². The summed E-state index contributed by atoms with van der Waals surface area (Å²) in [5, 5.41) is 11.6. The minimum Gasteiger partial charge on any atom is -0.481 e. The maximum Gasteiger partial charge on any atom is 0.317 e. The highest BCUT2D eigenvalue weighted by molar-refractivity contribution is 5.75. The van der Waals surface area contributed by atoms with E-state index >= 15 is 0 Å².